The van der Waals surface area contributed by atoms with Gasteiger partial charge in [-0.2, -0.15) is 0 Å². The maximum absolute atomic E-state index is 13.1. The number of ether oxygens (including phenoxy) is 2. The SMILES string of the molecule is COc1ccc(OC)c(C2CCCN2CC(=O)NC(c2ccccc2)c2cccs2)c1. The first-order chi connectivity index (χ1) is 15.2. The second kappa shape index (κ2) is 9.98. The average Bonchev–Trinajstić information content (AvgIpc) is 3.50. The van der Waals surface area contributed by atoms with E-state index in [-0.39, 0.29) is 18.0 Å². The number of likely N-dealkylation sites (tertiary alicyclic amines) is 1. The van der Waals surface area contributed by atoms with Gasteiger partial charge in [0.25, 0.3) is 0 Å². The molecule has 0 bridgehead atoms. The first kappa shape index (κ1) is 21.4. The maximum atomic E-state index is 13.1. The Balaban J connectivity index is 1.51. The van der Waals surface area contributed by atoms with Crippen LogP contribution in [0.25, 0.3) is 0 Å². The summed E-state index contributed by atoms with van der Waals surface area (Å²) in [7, 11) is 3.35. The number of amides is 1. The molecule has 31 heavy (non-hydrogen) atoms. The Morgan fingerprint density at radius 2 is 1.97 bits per heavy atom. The van der Waals surface area contributed by atoms with E-state index in [1.807, 2.05) is 47.8 Å². The van der Waals surface area contributed by atoms with Crippen LogP contribution in [0.1, 0.15) is 40.9 Å². The highest BCUT2D eigenvalue weighted by Crippen LogP contribution is 2.38. The number of methoxy groups -OCH3 is 2. The van der Waals surface area contributed by atoms with Gasteiger partial charge in [-0.15, -0.1) is 11.3 Å². The van der Waals surface area contributed by atoms with Gasteiger partial charge in [-0.25, -0.2) is 0 Å². The molecule has 1 fully saturated rings. The second-order valence-electron chi connectivity index (χ2n) is 7.66. The number of hydrogen-bond acceptors (Lipinski definition) is 5. The van der Waals surface area contributed by atoms with E-state index in [2.05, 4.69) is 28.4 Å². The van der Waals surface area contributed by atoms with Gasteiger partial charge in [-0.05, 0) is 54.6 Å². The number of thiophene rings is 1. The van der Waals surface area contributed by atoms with Gasteiger partial charge in [-0.3, -0.25) is 9.69 Å². The monoisotopic (exact) mass is 436 g/mol. The molecule has 3 aromatic rings. The van der Waals surface area contributed by atoms with E-state index in [0.717, 1.165) is 46.9 Å². The van der Waals surface area contributed by atoms with Crippen molar-refractivity contribution in [3.05, 3.63) is 82.0 Å². The standard InChI is InChI=1S/C25H28N2O3S/c1-29-19-12-13-22(30-2)20(16-19)21-10-6-14-27(21)17-24(28)26-25(23-11-7-15-31-23)18-8-4-3-5-9-18/h3-5,7-9,11-13,15-16,21,25H,6,10,14,17H2,1-2H3,(H,26,28). The third-order valence-corrected chi connectivity index (χ3v) is 6.71. The van der Waals surface area contributed by atoms with E-state index >= 15 is 0 Å². The molecule has 2 aromatic carbocycles. The normalized spacial score (nSPS) is 17.3. The van der Waals surface area contributed by atoms with Gasteiger partial charge in [0.05, 0.1) is 26.8 Å². The lowest BCUT2D eigenvalue weighted by molar-refractivity contribution is -0.123. The van der Waals surface area contributed by atoms with Gasteiger partial charge < -0.3 is 14.8 Å². The third-order valence-electron chi connectivity index (χ3n) is 5.77. The zero-order valence-electron chi connectivity index (χ0n) is 17.9. The topological polar surface area (TPSA) is 50.8 Å². The summed E-state index contributed by atoms with van der Waals surface area (Å²) in [6.07, 6.45) is 2.04. The molecule has 1 amide bonds. The molecule has 4 rings (SSSR count). The lowest BCUT2D eigenvalue weighted by atomic mass is 10.0. The van der Waals surface area contributed by atoms with Crippen LogP contribution in [-0.2, 0) is 4.79 Å². The van der Waals surface area contributed by atoms with E-state index in [0.29, 0.717) is 6.54 Å². The van der Waals surface area contributed by atoms with Crippen molar-refractivity contribution in [2.24, 2.45) is 0 Å². The molecular formula is C25H28N2O3S. The van der Waals surface area contributed by atoms with Crippen molar-refractivity contribution in [1.29, 1.82) is 0 Å². The Bertz CT molecular complexity index is 991. The highest BCUT2D eigenvalue weighted by Gasteiger charge is 2.31. The minimum absolute atomic E-state index is 0.0241. The van der Waals surface area contributed by atoms with E-state index < -0.39 is 0 Å². The molecule has 1 aliphatic rings. The van der Waals surface area contributed by atoms with Crippen molar-refractivity contribution >= 4 is 17.2 Å². The lowest BCUT2D eigenvalue weighted by Gasteiger charge is -2.27. The Kier molecular flexibility index (Phi) is 6.89. The number of carbonyl (C=O) groups excluding carboxylic acids is 1. The molecule has 6 heteroatoms. The molecule has 2 atom stereocenters. The van der Waals surface area contributed by atoms with Crippen LogP contribution in [-0.4, -0.2) is 38.1 Å². The van der Waals surface area contributed by atoms with E-state index in [9.17, 15) is 4.79 Å². The van der Waals surface area contributed by atoms with Crippen LogP contribution in [0.4, 0.5) is 0 Å². The smallest absolute Gasteiger partial charge is 0.234 e. The molecule has 1 aromatic heterocycles. The quantitative estimate of drug-likeness (QED) is 0.551. The van der Waals surface area contributed by atoms with Crippen molar-refractivity contribution in [2.75, 3.05) is 27.3 Å². The average molecular weight is 437 g/mol. The Labute approximate surface area is 187 Å². The van der Waals surface area contributed by atoms with Crippen molar-refractivity contribution in [2.45, 2.75) is 24.9 Å². The van der Waals surface area contributed by atoms with Crippen LogP contribution in [0, 0.1) is 0 Å². The molecule has 162 valence electrons. The van der Waals surface area contributed by atoms with Gasteiger partial charge in [0.1, 0.15) is 11.5 Å². The zero-order valence-corrected chi connectivity index (χ0v) is 18.7. The molecule has 1 aliphatic heterocycles. The van der Waals surface area contributed by atoms with Crippen molar-refractivity contribution in [1.82, 2.24) is 10.2 Å². The van der Waals surface area contributed by atoms with Crippen LogP contribution >= 0.6 is 11.3 Å². The number of hydrogen-bond donors (Lipinski definition) is 1. The fourth-order valence-corrected chi connectivity index (χ4v) is 5.08. The summed E-state index contributed by atoms with van der Waals surface area (Å²) in [5, 5.41) is 5.30. The molecule has 0 radical (unpaired) electrons. The molecule has 1 saturated heterocycles. The minimum atomic E-state index is -0.138. The zero-order chi connectivity index (χ0) is 21.6. The van der Waals surface area contributed by atoms with Crippen LogP contribution in [0.15, 0.2) is 66.0 Å². The van der Waals surface area contributed by atoms with Crippen molar-refractivity contribution in [3.8, 4) is 11.5 Å². The van der Waals surface area contributed by atoms with Crippen LogP contribution in [0.3, 0.4) is 0 Å². The fourth-order valence-electron chi connectivity index (χ4n) is 4.28. The molecule has 0 aliphatic carbocycles. The molecule has 2 heterocycles. The minimum Gasteiger partial charge on any atom is -0.497 e. The number of nitrogens with one attached hydrogen (secondary N) is 1. The molecule has 5 nitrogen and oxygen atoms in total. The second-order valence-corrected chi connectivity index (χ2v) is 8.64. The van der Waals surface area contributed by atoms with E-state index in [1.165, 1.54) is 0 Å². The van der Waals surface area contributed by atoms with Crippen LogP contribution in [0.2, 0.25) is 0 Å². The van der Waals surface area contributed by atoms with Gasteiger partial charge in [-0.1, -0.05) is 36.4 Å². The largest absolute Gasteiger partial charge is 0.497 e. The highest BCUT2D eigenvalue weighted by atomic mass is 32.1. The first-order valence-electron chi connectivity index (χ1n) is 10.5. The summed E-state index contributed by atoms with van der Waals surface area (Å²) in [4.78, 5) is 16.5. The summed E-state index contributed by atoms with van der Waals surface area (Å²) in [6, 6.07) is 20.1. The molecule has 0 saturated carbocycles. The van der Waals surface area contributed by atoms with Crippen molar-refractivity contribution < 1.29 is 14.3 Å². The Morgan fingerprint density at radius 1 is 1.13 bits per heavy atom. The summed E-state index contributed by atoms with van der Waals surface area (Å²) in [5.74, 6) is 1.66. The van der Waals surface area contributed by atoms with E-state index in [1.54, 1.807) is 25.6 Å². The molecule has 0 spiro atoms. The summed E-state index contributed by atoms with van der Waals surface area (Å²) in [5.41, 5.74) is 2.16. The lowest BCUT2D eigenvalue weighted by Crippen LogP contribution is -2.38. The Morgan fingerprint density at radius 3 is 2.68 bits per heavy atom. The number of nitrogens with zero attached hydrogens (tertiary/aromatic N) is 1. The van der Waals surface area contributed by atoms with Gasteiger partial charge in [0.15, 0.2) is 0 Å². The maximum Gasteiger partial charge on any atom is 0.234 e. The van der Waals surface area contributed by atoms with Gasteiger partial charge >= 0.3 is 0 Å². The predicted octanol–water partition coefficient (Wildman–Crippen LogP) is 4.81. The number of carbonyl (C=O) groups is 1. The molecule has 2 unspecified atom stereocenters. The Hall–Kier alpha value is -2.83. The summed E-state index contributed by atoms with van der Waals surface area (Å²) in [6.45, 7) is 1.23. The molecular weight excluding hydrogens is 408 g/mol. The molecule has 1 N–H and O–H groups in total. The van der Waals surface area contributed by atoms with E-state index in [4.69, 9.17) is 9.47 Å². The van der Waals surface area contributed by atoms with Crippen molar-refractivity contribution in [3.63, 3.8) is 0 Å². The summed E-state index contributed by atoms with van der Waals surface area (Å²) < 4.78 is 11.0. The van der Waals surface area contributed by atoms with Crippen LogP contribution in [0.5, 0.6) is 11.5 Å². The van der Waals surface area contributed by atoms with Gasteiger partial charge in [0, 0.05) is 16.5 Å². The number of rotatable bonds is 8. The first-order valence-corrected chi connectivity index (χ1v) is 11.4. The fraction of sp³-hybridized carbons (Fsp3) is 0.320. The third kappa shape index (κ3) is 4.92. The van der Waals surface area contributed by atoms with Crippen LogP contribution < -0.4 is 14.8 Å². The number of benzene rings is 2. The highest BCUT2D eigenvalue weighted by molar-refractivity contribution is 7.10. The predicted molar refractivity (Wildman–Crippen MR) is 124 cm³/mol. The summed E-state index contributed by atoms with van der Waals surface area (Å²) >= 11 is 1.66. The van der Waals surface area contributed by atoms with Gasteiger partial charge in [0.2, 0.25) is 5.91 Å².